The molecule has 10 heteroatoms. The van der Waals surface area contributed by atoms with E-state index in [0.717, 1.165) is 36.2 Å². The van der Waals surface area contributed by atoms with Gasteiger partial charge in [-0.25, -0.2) is 4.39 Å². The maximum atomic E-state index is 14.5. The van der Waals surface area contributed by atoms with Crippen molar-refractivity contribution in [2.24, 2.45) is 4.99 Å². The van der Waals surface area contributed by atoms with Crippen molar-refractivity contribution in [3.8, 4) is 0 Å². The molecule has 0 spiro atoms. The number of rotatable bonds is 4. The summed E-state index contributed by atoms with van der Waals surface area (Å²) in [7, 11) is 1.84. The van der Waals surface area contributed by atoms with Crippen molar-refractivity contribution in [3.63, 3.8) is 0 Å². The van der Waals surface area contributed by atoms with Crippen LogP contribution in [0.2, 0.25) is 0 Å². The molecule has 1 amide bonds. The highest BCUT2D eigenvalue weighted by Crippen LogP contribution is 2.33. The highest BCUT2D eigenvalue weighted by atomic mass is 35.5. The van der Waals surface area contributed by atoms with Gasteiger partial charge in [-0.2, -0.15) is 0 Å². The molecule has 1 saturated carbocycles. The number of nitrogens with zero attached hydrogens (tertiary/aromatic N) is 4. The van der Waals surface area contributed by atoms with E-state index >= 15 is 0 Å². The average Bonchev–Trinajstić information content (AvgIpc) is 2.85. The van der Waals surface area contributed by atoms with Crippen LogP contribution in [0.1, 0.15) is 45.4 Å². The fourth-order valence-corrected chi connectivity index (χ4v) is 4.97. The number of amides is 1. The Morgan fingerprint density at radius 2 is 1.97 bits per heavy atom. The van der Waals surface area contributed by atoms with Gasteiger partial charge >= 0.3 is 0 Å². The van der Waals surface area contributed by atoms with Gasteiger partial charge in [-0.3, -0.25) is 24.8 Å². The fourth-order valence-electron chi connectivity index (χ4n) is 3.75. The Bertz CT molecular complexity index is 787. The predicted octanol–water partition coefficient (Wildman–Crippen LogP) is 4.59. The van der Waals surface area contributed by atoms with Crippen LogP contribution in [0, 0.1) is 15.9 Å². The third-order valence-electron chi connectivity index (χ3n) is 5.27. The molecule has 2 fully saturated rings. The van der Waals surface area contributed by atoms with Crippen LogP contribution in [0.15, 0.2) is 23.2 Å². The highest BCUT2D eigenvalue weighted by Gasteiger charge is 2.36. The van der Waals surface area contributed by atoms with Crippen molar-refractivity contribution in [3.05, 3.63) is 34.1 Å². The van der Waals surface area contributed by atoms with E-state index < -0.39 is 16.9 Å². The second-order valence-corrected chi connectivity index (χ2v) is 8.23. The molecule has 0 aromatic heterocycles. The number of thioether (sulfide) groups is 1. The summed E-state index contributed by atoms with van der Waals surface area (Å²) in [5, 5.41) is 11.9. The van der Waals surface area contributed by atoms with E-state index in [9.17, 15) is 19.3 Å². The molecule has 1 aromatic carbocycles. The van der Waals surface area contributed by atoms with E-state index in [1.54, 1.807) is 11.8 Å². The lowest BCUT2D eigenvalue weighted by Gasteiger charge is -2.33. The molecule has 3 rings (SSSR count). The number of hydrogen-bond acceptors (Lipinski definition) is 5. The molecule has 1 heterocycles. The van der Waals surface area contributed by atoms with Crippen LogP contribution >= 0.6 is 24.2 Å². The molecule has 2 aliphatic rings. The molecule has 0 radical (unpaired) electrons. The van der Waals surface area contributed by atoms with Gasteiger partial charge in [0, 0.05) is 31.9 Å². The summed E-state index contributed by atoms with van der Waals surface area (Å²) in [6, 6.07) is 3.54. The van der Waals surface area contributed by atoms with Gasteiger partial charge in [0.2, 0.25) is 5.91 Å². The van der Waals surface area contributed by atoms with Gasteiger partial charge in [-0.05, 0) is 18.9 Å². The van der Waals surface area contributed by atoms with Gasteiger partial charge in [0.25, 0.3) is 5.69 Å². The number of carbonyl (C=O) groups excluding carboxylic acids is 1. The maximum absolute atomic E-state index is 14.5. The Morgan fingerprint density at radius 3 is 2.55 bits per heavy atom. The molecule has 1 aliphatic heterocycles. The van der Waals surface area contributed by atoms with Crippen LogP contribution in [0.25, 0.3) is 0 Å². The summed E-state index contributed by atoms with van der Waals surface area (Å²) >= 11 is 1.54. The van der Waals surface area contributed by atoms with Gasteiger partial charge in [-0.15, -0.1) is 12.4 Å². The second-order valence-electron chi connectivity index (χ2n) is 7.24. The first-order valence-electron chi connectivity index (χ1n) is 9.55. The topological polar surface area (TPSA) is 79.0 Å². The minimum absolute atomic E-state index is 0. The number of hydrogen-bond donors (Lipinski definition) is 0. The lowest BCUT2D eigenvalue weighted by molar-refractivity contribution is -0.384. The maximum Gasteiger partial charge on any atom is 0.271 e. The molecule has 1 aliphatic carbocycles. The van der Waals surface area contributed by atoms with Gasteiger partial charge in [0.05, 0.1) is 16.7 Å². The minimum Gasteiger partial charge on any atom is -0.333 e. The summed E-state index contributed by atoms with van der Waals surface area (Å²) in [5.74, 6) is -0.495. The van der Waals surface area contributed by atoms with E-state index in [4.69, 9.17) is 4.99 Å². The fraction of sp³-hybridized carbons (Fsp3) is 0.579. The number of nitro groups is 1. The van der Waals surface area contributed by atoms with E-state index in [-0.39, 0.29) is 35.7 Å². The average molecular weight is 445 g/mol. The van der Waals surface area contributed by atoms with Gasteiger partial charge in [0.1, 0.15) is 12.0 Å². The molecule has 1 atom stereocenters. The molecular formula is C19H26ClFN4O3S. The summed E-state index contributed by atoms with van der Waals surface area (Å²) < 4.78 is 14.5. The van der Waals surface area contributed by atoms with E-state index in [2.05, 4.69) is 0 Å². The Hall–Kier alpha value is -1.87. The van der Waals surface area contributed by atoms with Crippen molar-refractivity contribution >= 4 is 46.6 Å². The summed E-state index contributed by atoms with van der Waals surface area (Å²) in [5.41, 5.74) is -0.321. The third-order valence-corrected chi connectivity index (χ3v) is 6.38. The summed E-state index contributed by atoms with van der Waals surface area (Å²) in [6.07, 6.45) is 6.55. The van der Waals surface area contributed by atoms with Crippen LogP contribution in [0.3, 0.4) is 0 Å². The normalized spacial score (nSPS) is 21.6. The molecule has 7 nitrogen and oxygen atoms in total. The molecule has 1 saturated heterocycles. The lowest BCUT2D eigenvalue weighted by atomic mass is 10.1. The summed E-state index contributed by atoms with van der Waals surface area (Å²) in [4.78, 5) is 30.9. The van der Waals surface area contributed by atoms with E-state index in [1.807, 2.05) is 11.9 Å². The first-order valence-corrected chi connectivity index (χ1v) is 10.5. The molecule has 1 aromatic rings. The van der Waals surface area contributed by atoms with Crippen LogP contribution < -0.4 is 4.90 Å². The van der Waals surface area contributed by atoms with Crippen LogP contribution in [-0.2, 0) is 4.79 Å². The molecule has 0 bridgehead atoms. The second kappa shape index (κ2) is 10.2. The standard InChI is InChI=1S/C19H25FN4O3S.ClH/c1-13(25)23(17-11-15(24(26)27)9-10-16(17)20)18-12-28-19(22(18)2)21-14-7-5-3-4-6-8-14;/h9-11,14,18H,3-8,12H2,1-2H3;1H. The number of benzene rings is 1. The lowest BCUT2D eigenvalue weighted by Crippen LogP contribution is -2.48. The van der Waals surface area contributed by atoms with Crippen molar-refractivity contribution in [2.75, 3.05) is 17.7 Å². The minimum atomic E-state index is -0.659. The zero-order valence-corrected chi connectivity index (χ0v) is 18.2. The van der Waals surface area contributed by atoms with Gasteiger partial charge in [-0.1, -0.05) is 37.4 Å². The van der Waals surface area contributed by atoms with Crippen LogP contribution in [-0.4, -0.2) is 45.9 Å². The van der Waals surface area contributed by atoms with E-state index in [0.29, 0.717) is 5.75 Å². The zero-order valence-electron chi connectivity index (χ0n) is 16.5. The molecule has 0 N–H and O–H groups in total. The smallest absolute Gasteiger partial charge is 0.271 e. The van der Waals surface area contributed by atoms with Crippen molar-refractivity contribution < 1.29 is 14.1 Å². The number of anilines is 1. The zero-order chi connectivity index (χ0) is 20.3. The third kappa shape index (κ3) is 5.39. The predicted molar refractivity (Wildman–Crippen MR) is 116 cm³/mol. The first kappa shape index (κ1) is 23.4. The van der Waals surface area contributed by atoms with Gasteiger partial charge in [0.15, 0.2) is 5.17 Å². The van der Waals surface area contributed by atoms with Crippen LogP contribution in [0.4, 0.5) is 15.8 Å². The Balaban J connectivity index is 0.00000300. The number of non-ortho nitro benzene ring substituents is 1. The molecule has 29 heavy (non-hydrogen) atoms. The molecular weight excluding hydrogens is 419 g/mol. The molecule has 160 valence electrons. The number of nitro benzene ring substituents is 1. The van der Waals surface area contributed by atoms with Gasteiger partial charge < -0.3 is 4.90 Å². The number of halogens is 2. The van der Waals surface area contributed by atoms with Crippen molar-refractivity contribution in [2.45, 2.75) is 57.7 Å². The van der Waals surface area contributed by atoms with Crippen molar-refractivity contribution in [1.82, 2.24) is 4.90 Å². The SMILES string of the molecule is CC(=O)N(c1cc([N+](=O)[O-])ccc1F)C1CSC(=NC2CCCCCC2)N1C.Cl. The number of aliphatic imine (C=N–C) groups is 1. The van der Waals surface area contributed by atoms with Crippen LogP contribution in [0.5, 0.6) is 0 Å². The Morgan fingerprint density at radius 1 is 1.31 bits per heavy atom. The monoisotopic (exact) mass is 444 g/mol. The molecule has 1 unspecified atom stereocenters. The largest absolute Gasteiger partial charge is 0.333 e. The Labute approximate surface area is 180 Å². The van der Waals surface area contributed by atoms with Crippen molar-refractivity contribution in [1.29, 1.82) is 0 Å². The number of amidine groups is 1. The quantitative estimate of drug-likeness (QED) is 0.385. The number of carbonyl (C=O) groups is 1. The van der Waals surface area contributed by atoms with E-state index in [1.165, 1.54) is 37.5 Å². The Kier molecular flexibility index (Phi) is 8.27. The first-order chi connectivity index (χ1) is 13.4. The highest BCUT2D eigenvalue weighted by molar-refractivity contribution is 8.14. The summed E-state index contributed by atoms with van der Waals surface area (Å²) in [6.45, 7) is 1.34.